The monoisotopic (exact) mass is 396 g/mol. The number of halogens is 2. The van der Waals surface area contributed by atoms with Gasteiger partial charge in [0.15, 0.2) is 0 Å². The molecule has 0 saturated carbocycles. The number of nitrogens with two attached hydrogens (primary N) is 1. The Kier molecular flexibility index (Phi) is 4.06. The van der Waals surface area contributed by atoms with Crippen LogP contribution in [0, 0.1) is 0 Å². The van der Waals surface area contributed by atoms with E-state index in [9.17, 15) is 8.42 Å². The maximum atomic E-state index is 12.6. The van der Waals surface area contributed by atoms with Crippen LogP contribution in [0.2, 0.25) is 0 Å². The molecule has 0 bridgehead atoms. The summed E-state index contributed by atoms with van der Waals surface area (Å²) in [6, 6.07) is 3.34. The Hall–Kier alpha value is -0.110. The molecule has 1 heterocycles. The smallest absolute Gasteiger partial charge is 0.246 e. The van der Waals surface area contributed by atoms with E-state index in [0.29, 0.717) is 11.0 Å². The Bertz CT molecular complexity index is 551. The Labute approximate surface area is 124 Å². The predicted octanol–water partition coefficient (Wildman–Crippen LogP) is 2.97. The number of hydrogen-bond donors (Lipinski definition) is 1. The van der Waals surface area contributed by atoms with Crippen molar-refractivity contribution < 1.29 is 8.42 Å². The second-order valence-corrected chi connectivity index (χ2v) is 8.01. The normalized spacial score (nSPS) is 21.4. The molecule has 0 aromatic heterocycles. The number of nitrogen functional groups attached to an aromatic ring is 1. The van der Waals surface area contributed by atoms with Gasteiger partial charge in [-0.1, -0.05) is 15.9 Å². The summed E-state index contributed by atoms with van der Waals surface area (Å²) in [7, 11) is -3.53. The Morgan fingerprint density at radius 1 is 1.39 bits per heavy atom. The predicted molar refractivity (Wildman–Crippen MR) is 78.8 cm³/mol. The van der Waals surface area contributed by atoms with Crippen molar-refractivity contribution in [3.63, 3.8) is 0 Å². The van der Waals surface area contributed by atoms with Gasteiger partial charge in [-0.15, -0.1) is 0 Å². The van der Waals surface area contributed by atoms with Crippen LogP contribution in [0.4, 0.5) is 5.69 Å². The van der Waals surface area contributed by atoms with Crippen molar-refractivity contribution in [2.75, 3.05) is 12.3 Å². The van der Waals surface area contributed by atoms with E-state index in [-0.39, 0.29) is 16.6 Å². The lowest BCUT2D eigenvalue weighted by molar-refractivity contribution is 0.408. The molecule has 0 radical (unpaired) electrons. The van der Waals surface area contributed by atoms with E-state index < -0.39 is 10.0 Å². The minimum absolute atomic E-state index is 0.0324. The van der Waals surface area contributed by atoms with Crippen LogP contribution in [0.15, 0.2) is 26.0 Å². The topological polar surface area (TPSA) is 63.4 Å². The number of anilines is 1. The lowest BCUT2D eigenvalue weighted by Crippen LogP contribution is -2.34. The maximum Gasteiger partial charge on any atom is 0.246 e. The van der Waals surface area contributed by atoms with E-state index in [1.54, 1.807) is 12.1 Å². The van der Waals surface area contributed by atoms with Gasteiger partial charge < -0.3 is 5.73 Å². The van der Waals surface area contributed by atoms with E-state index >= 15 is 0 Å². The average Bonchev–Trinajstić information content (AvgIpc) is 2.62. The first-order valence-corrected chi connectivity index (χ1v) is 8.63. The number of benzene rings is 1. The Morgan fingerprint density at radius 2 is 2.06 bits per heavy atom. The fourth-order valence-electron chi connectivity index (χ4n) is 2.23. The van der Waals surface area contributed by atoms with Crippen LogP contribution in [0.25, 0.3) is 0 Å². The van der Waals surface area contributed by atoms with Crippen molar-refractivity contribution in [1.29, 1.82) is 0 Å². The molecular weight excluding hydrogens is 384 g/mol. The molecule has 1 aromatic rings. The molecule has 2 rings (SSSR count). The zero-order chi connectivity index (χ0) is 13.5. The largest absolute Gasteiger partial charge is 0.398 e. The van der Waals surface area contributed by atoms with E-state index in [1.807, 2.05) is 6.92 Å². The maximum absolute atomic E-state index is 12.6. The highest BCUT2D eigenvalue weighted by atomic mass is 79.9. The zero-order valence-electron chi connectivity index (χ0n) is 9.86. The molecule has 1 fully saturated rings. The molecule has 1 aliphatic heterocycles. The Morgan fingerprint density at radius 3 is 2.56 bits per heavy atom. The fourth-order valence-corrected chi connectivity index (χ4v) is 5.95. The summed E-state index contributed by atoms with van der Waals surface area (Å²) in [6.45, 7) is 2.49. The number of rotatable bonds is 2. The zero-order valence-corrected chi connectivity index (χ0v) is 13.8. The summed E-state index contributed by atoms with van der Waals surface area (Å²) >= 11 is 6.58. The molecule has 1 saturated heterocycles. The molecule has 0 spiro atoms. The molecular formula is C11H14Br2N2O2S. The summed E-state index contributed by atoms with van der Waals surface area (Å²) in [6.07, 6.45) is 1.79. The molecule has 1 aliphatic rings. The first kappa shape index (κ1) is 14.3. The van der Waals surface area contributed by atoms with E-state index in [2.05, 4.69) is 31.9 Å². The fraction of sp³-hybridized carbons (Fsp3) is 0.455. The van der Waals surface area contributed by atoms with Gasteiger partial charge in [0.1, 0.15) is 4.90 Å². The molecule has 1 aromatic carbocycles. The minimum atomic E-state index is -3.53. The van der Waals surface area contributed by atoms with Gasteiger partial charge in [0.05, 0.1) is 5.69 Å². The summed E-state index contributed by atoms with van der Waals surface area (Å²) in [4.78, 5) is 0.166. The summed E-state index contributed by atoms with van der Waals surface area (Å²) in [5.74, 6) is 0. The SMILES string of the molecule is CC1CCCN1S(=O)(=O)c1c(N)cc(Br)cc1Br. The number of sulfonamides is 1. The highest BCUT2D eigenvalue weighted by molar-refractivity contribution is 9.11. The van der Waals surface area contributed by atoms with Crippen LogP contribution in [0.5, 0.6) is 0 Å². The molecule has 100 valence electrons. The van der Waals surface area contributed by atoms with Gasteiger partial charge in [-0.3, -0.25) is 0 Å². The lowest BCUT2D eigenvalue weighted by atomic mass is 10.3. The van der Waals surface area contributed by atoms with Crippen LogP contribution in [0.3, 0.4) is 0 Å². The second kappa shape index (κ2) is 5.11. The quantitative estimate of drug-likeness (QED) is 0.780. The number of hydrogen-bond acceptors (Lipinski definition) is 3. The average molecular weight is 398 g/mol. The van der Waals surface area contributed by atoms with Gasteiger partial charge in [0, 0.05) is 21.5 Å². The van der Waals surface area contributed by atoms with Gasteiger partial charge >= 0.3 is 0 Å². The van der Waals surface area contributed by atoms with Crippen molar-refractivity contribution in [3.05, 3.63) is 21.1 Å². The minimum Gasteiger partial charge on any atom is -0.398 e. The van der Waals surface area contributed by atoms with Crippen LogP contribution < -0.4 is 5.73 Å². The molecule has 4 nitrogen and oxygen atoms in total. The van der Waals surface area contributed by atoms with Crippen molar-refractivity contribution >= 4 is 47.6 Å². The Balaban J connectivity index is 2.54. The van der Waals surface area contributed by atoms with Gasteiger partial charge in [-0.2, -0.15) is 4.31 Å². The van der Waals surface area contributed by atoms with Crippen molar-refractivity contribution in [3.8, 4) is 0 Å². The summed E-state index contributed by atoms with van der Waals surface area (Å²) in [5, 5.41) is 0. The van der Waals surface area contributed by atoms with Crippen molar-refractivity contribution in [2.45, 2.75) is 30.7 Å². The lowest BCUT2D eigenvalue weighted by Gasteiger charge is -2.22. The van der Waals surface area contributed by atoms with E-state index in [0.717, 1.165) is 17.3 Å². The first-order chi connectivity index (χ1) is 8.34. The molecule has 2 N–H and O–H groups in total. The molecule has 18 heavy (non-hydrogen) atoms. The van der Waals surface area contributed by atoms with E-state index in [1.165, 1.54) is 4.31 Å². The first-order valence-electron chi connectivity index (χ1n) is 5.60. The van der Waals surface area contributed by atoms with Crippen molar-refractivity contribution in [1.82, 2.24) is 4.31 Å². The molecule has 1 atom stereocenters. The molecule has 1 unspecified atom stereocenters. The highest BCUT2D eigenvalue weighted by Gasteiger charge is 2.35. The van der Waals surface area contributed by atoms with Gasteiger partial charge in [0.2, 0.25) is 10.0 Å². The summed E-state index contributed by atoms with van der Waals surface area (Å²) < 4.78 is 28.0. The highest BCUT2D eigenvalue weighted by Crippen LogP contribution is 2.36. The molecule has 0 aliphatic carbocycles. The van der Waals surface area contributed by atoms with Crippen molar-refractivity contribution in [2.24, 2.45) is 0 Å². The third-order valence-corrected chi connectivity index (χ3v) is 6.57. The van der Waals surface area contributed by atoms with Crippen LogP contribution in [0.1, 0.15) is 19.8 Å². The molecule has 0 amide bonds. The van der Waals surface area contributed by atoms with Gasteiger partial charge in [0.25, 0.3) is 0 Å². The van der Waals surface area contributed by atoms with Crippen LogP contribution in [-0.4, -0.2) is 25.3 Å². The van der Waals surface area contributed by atoms with Gasteiger partial charge in [-0.25, -0.2) is 8.42 Å². The second-order valence-electron chi connectivity index (χ2n) is 4.41. The van der Waals surface area contributed by atoms with Crippen LogP contribution in [-0.2, 0) is 10.0 Å². The molecule has 7 heteroatoms. The van der Waals surface area contributed by atoms with Crippen LogP contribution >= 0.6 is 31.9 Å². The van der Waals surface area contributed by atoms with Gasteiger partial charge in [-0.05, 0) is 47.8 Å². The third kappa shape index (κ3) is 2.45. The third-order valence-electron chi connectivity index (χ3n) is 3.10. The van der Waals surface area contributed by atoms with E-state index in [4.69, 9.17) is 5.73 Å². The summed E-state index contributed by atoms with van der Waals surface area (Å²) in [5.41, 5.74) is 6.12. The number of nitrogens with zero attached hydrogens (tertiary/aromatic N) is 1. The standard InChI is InChI=1S/C11H14Br2N2O2S/c1-7-3-2-4-15(7)18(16,17)11-9(13)5-8(12)6-10(11)14/h5-7H,2-4,14H2,1H3.